The molecule has 0 saturated heterocycles. The minimum Gasteiger partial charge on any atom is -0.468 e. The highest BCUT2D eigenvalue weighted by Gasteiger charge is 2.32. The Morgan fingerprint density at radius 3 is 2.50 bits per heavy atom. The molecule has 1 atom stereocenters. The molecule has 136 valence electrons. The van der Waals surface area contributed by atoms with Gasteiger partial charge in [0, 0.05) is 25.0 Å². The molecule has 4 rings (SSSR count). The molecule has 1 aliphatic heterocycles. The van der Waals surface area contributed by atoms with E-state index >= 15 is 0 Å². The number of hydrogen-bond donors (Lipinski definition) is 0. The molecule has 3 nitrogen and oxygen atoms in total. The third-order valence-electron chi connectivity index (χ3n) is 4.85. The van der Waals surface area contributed by atoms with E-state index in [1.807, 2.05) is 30.5 Å². The molecule has 0 bridgehead atoms. The van der Waals surface area contributed by atoms with E-state index in [9.17, 15) is 13.2 Å². The van der Waals surface area contributed by atoms with Gasteiger partial charge in [0.1, 0.15) is 5.76 Å². The van der Waals surface area contributed by atoms with Crippen LogP contribution in [0.2, 0.25) is 0 Å². The number of benzene rings is 1. The fourth-order valence-electron chi connectivity index (χ4n) is 3.65. The summed E-state index contributed by atoms with van der Waals surface area (Å²) < 4.78 is 46.4. The van der Waals surface area contributed by atoms with E-state index in [-0.39, 0.29) is 6.04 Å². The normalized spacial score (nSPS) is 18.5. The largest absolute Gasteiger partial charge is 0.468 e. The van der Waals surface area contributed by atoms with Crippen LogP contribution in [0.1, 0.15) is 35.0 Å². The maximum Gasteiger partial charge on any atom is 0.416 e. The van der Waals surface area contributed by atoms with Gasteiger partial charge in [0.25, 0.3) is 0 Å². The highest BCUT2D eigenvalue weighted by Crippen LogP contribution is 2.35. The quantitative estimate of drug-likeness (QED) is 0.648. The molecule has 0 saturated carbocycles. The van der Waals surface area contributed by atoms with Crippen molar-refractivity contribution >= 4 is 0 Å². The Balaban J connectivity index is 1.72. The highest BCUT2D eigenvalue weighted by atomic mass is 19.4. The number of aryl methyl sites for hydroxylation is 1. The molecular weight excluding hydrogens is 341 g/mol. The van der Waals surface area contributed by atoms with Gasteiger partial charge in [-0.3, -0.25) is 4.90 Å². The fraction of sp³-hybridized carbons (Fsp3) is 0.300. The van der Waals surface area contributed by atoms with Crippen LogP contribution in [-0.4, -0.2) is 16.0 Å². The van der Waals surface area contributed by atoms with Crippen LogP contribution < -0.4 is 0 Å². The van der Waals surface area contributed by atoms with Crippen LogP contribution in [0.25, 0.3) is 0 Å². The van der Waals surface area contributed by atoms with Gasteiger partial charge in [-0.2, -0.15) is 13.2 Å². The van der Waals surface area contributed by atoms with Crippen molar-refractivity contribution < 1.29 is 17.6 Å². The topological polar surface area (TPSA) is 21.3 Å². The Kier molecular flexibility index (Phi) is 4.36. The van der Waals surface area contributed by atoms with Crippen molar-refractivity contribution in [2.24, 2.45) is 0 Å². The minimum atomic E-state index is -4.32. The van der Waals surface area contributed by atoms with Crippen molar-refractivity contribution in [3.05, 3.63) is 83.6 Å². The summed E-state index contributed by atoms with van der Waals surface area (Å²) in [4.78, 5) is 2.26. The molecule has 0 spiro atoms. The van der Waals surface area contributed by atoms with Gasteiger partial charge in [-0.1, -0.05) is 12.1 Å². The number of furan rings is 1. The Morgan fingerprint density at radius 1 is 1.00 bits per heavy atom. The van der Waals surface area contributed by atoms with Gasteiger partial charge in [-0.25, -0.2) is 0 Å². The summed E-state index contributed by atoms with van der Waals surface area (Å²) in [7, 11) is 0. The summed E-state index contributed by atoms with van der Waals surface area (Å²) in [5.41, 5.74) is 1.32. The van der Waals surface area contributed by atoms with E-state index in [1.165, 1.54) is 12.1 Å². The number of nitrogens with zero attached hydrogens (tertiary/aromatic N) is 2. The molecule has 0 N–H and O–H groups in total. The average Bonchev–Trinajstić information content (AvgIpc) is 3.24. The molecule has 1 aromatic carbocycles. The monoisotopic (exact) mass is 360 g/mol. The van der Waals surface area contributed by atoms with Crippen molar-refractivity contribution in [2.45, 2.75) is 31.7 Å². The molecule has 1 unspecified atom stereocenters. The number of hydrogen-bond acceptors (Lipinski definition) is 2. The lowest BCUT2D eigenvalue weighted by Gasteiger charge is -2.30. The Morgan fingerprint density at radius 2 is 1.81 bits per heavy atom. The third kappa shape index (κ3) is 3.29. The van der Waals surface area contributed by atoms with Crippen LogP contribution in [0.15, 0.2) is 65.4 Å². The highest BCUT2D eigenvalue weighted by molar-refractivity contribution is 5.33. The first-order valence-corrected chi connectivity index (χ1v) is 8.61. The zero-order valence-corrected chi connectivity index (χ0v) is 14.1. The van der Waals surface area contributed by atoms with Crippen molar-refractivity contribution in [1.29, 1.82) is 0 Å². The van der Waals surface area contributed by atoms with E-state index in [1.54, 1.807) is 18.4 Å². The van der Waals surface area contributed by atoms with Gasteiger partial charge < -0.3 is 8.98 Å². The van der Waals surface area contributed by atoms with Crippen molar-refractivity contribution in [3.63, 3.8) is 0 Å². The SMILES string of the molecule is FC(F)(F)c1ccc(C2c3cccn3CCCN2Cc2ccco2)cc1. The van der Waals surface area contributed by atoms with Crippen molar-refractivity contribution in [3.8, 4) is 0 Å². The van der Waals surface area contributed by atoms with Gasteiger partial charge in [0.15, 0.2) is 0 Å². The number of alkyl halides is 3. The molecule has 1 aliphatic rings. The van der Waals surface area contributed by atoms with Crippen molar-refractivity contribution in [1.82, 2.24) is 9.47 Å². The summed E-state index contributed by atoms with van der Waals surface area (Å²) in [6.07, 6.45) is 0.321. The number of aromatic nitrogens is 1. The van der Waals surface area contributed by atoms with Gasteiger partial charge in [0.2, 0.25) is 0 Å². The summed E-state index contributed by atoms with van der Waals surface area (Å²) in [5, 5.41) is 0. The first-order chi connectivity index (χ1) is 12.5. The number of halogens is 3. The Bertz CT molecular complexity index is 850. The minimum absolute atomic E-state index is 0.111. The summed E-state index contributed by atoms with van der Waals surface area (Å²) in [6.45, 7) is 2.35. The summed E-state index contributed by atoms with van der Waals surface area (Å²) in [5.74, 6) is 0.849. The van der Waals surface area contributed by atoms with Crippen LogP contribution in [0.4, 0.5) is 13.2 Å². The zero-order valence-electron chi connectivity index (χ0n) is 14.1. The second-order valence-electron chi connectivity index (χ2n) is 6.55. The van der Waals surface area contributed by atoms with Crippen LogP contribution in [0, 0.1) is 0 Å². The van der Waals surface area contributed by atoms with Crippen LogP contribution in [0.3, 0.4) is 0 Å². The zero-order chi connectivity index (χ0) is 18.1. The van der Waals surface area contributed by atoms with Crippen LogP contribution >= 0.6 is 0 Å². The second kappa shape index (κ2) is 6.68. The fourth-order valence-corrected chi connectivity index (χ4v) is 3.65. The first kappa shape index (κ1) is 17.0. The molecule has 0 radical (unpaired) electrons. The molecule has 3 heterocycles. The summed E-state index contributed by atoms with van der Waals surface area (Å²) in [6, 6.07) is 13.2. The van der Waals surface area contributed by atoms with E-state index in [0.29, 0.717) is 6.54 Å². The molecule has 0 fully saturated rings. The van der Waals surface area contributed by atoms with Gasteiger partial charge in [-0.05, 0) is 48.4 Å². The molecule has 6 heteroatoms. The van der Waals surface area contributed by atoms with Crippen LogP contribution in [-0.2, 0) is 19.3 Å². The lowest BCUT2D eigenvalue weighted by Crippen LogP contribution is -2.29. The number of fused-ring (bicyclic) bond motifs is 1. The Hall–Kier alpha value is -2.47. The predicted octanol–water partition coefficient (Wildman–Crippen LogP) is 5.10. The van der Waals surface area contributed by atoms with E-state index in [4.69, 9.17) is 4.42 Å². The molecule has 0 amide bonds. The van der Waals surface area contributed by atoms with Gasteiger partial charge in [0.05, 0.1) is 24.4 Å². The first-order valence-electron chi connectivity index (χ1n) is 8.61. The molecule has 26 heavy (non-hydrogen) atoms. The van der Waals surface area contributed by atoms with Crippen LogP contribution in [0.5, 0.6) is 0 Å². The molecule has 3 aromatic rings. The lowest BCUT2D eigenvalue weighted by molar-refractivity contribution is -0.137. The molecular formula is C20H19F3N2O. The molecule has 2 aromatic heterocycles. The van der Waals surface area contributed by atoms with Crippen molar-refractivity contribution in [2.75, 3.05) is 6.54 Å². The standard InChI is InChI=1S/C20H19F3N2O/c21-20(22,23)16-8-6-15(7-9-16)19-18-5-1-10-24(18)11-3-12-25(19)14-17-4-2-13-26-17/h1-2,4-10,13,19H,3,11-12,14H2. The predicted molar refractivity (Wildman–Crippen MR) is 91.5 cm³/mol. The molecule has 0 aliphatic carbocycles. The summed E-state index contributed by atoms with van der Waals surface area (Å²) >= 11 is 0. The lowest BCUT2D eigenvalue weighted by atomic mass is 10.00. The van der Waals surface area contributed by atoms with E-state index < -0.39 is 11.7 Å². The average molecular weight is 360 g/mol. The van der Waals surface area contributed by atoms with Gasteiger partial charge in [-0.15, -0.1) is 0 Å². The smallest absolute Gasteiger partial charge is 0.416 e. The maximum absolute atomic E-state index is 12.9. The van der Waals surface area contributed by atoms with Gasteiger partial charge >= 0.3 is 6.18 Å². The maximum atomic E-state index is 12.9. The van der Waals surface area contributed by atoms with E-state index in [0.717, 1.165) is 36.5 Å². The Labute approximate surface area is 149 Å². The second-order valence-corrected chi connectivity index (χ2v) is 6.55. The third-order valence-corrected chi connectivity index (χ3v) is 4.85. The van der Waals surface area contributed by atoms with E-state index in [2.05, 4.69) is 9.47 Å². The number of rotatable bonds is 3.